The van der Waals surface area contributed by atoms with E-state index < -0.39 is 11.2 Å². The van der Waals surface area contributed by atoms with Gasteiger partial charge in [-0.3, -0.25) is 13.9 Å². The molecule has 86 valence electrons. The van der Waals surface area contributed by atoms with Crippen LogP contribution in [0.15, 0.2) is 27.4 Å². The standard InChI is InChI=1S/C10H9N5O2/c1-14-8(13-6-7(4-11)5-12)3-9(16)15(2)10(14)17/h3,6,13H,1-2H3. The van der Waals surface area contributed by atoms with Crippen molar-refractivity contribution in [1.82, 2.24) is 9.13 Å². The summed E-state index contributed by atoms with van der Waals surface area (Å²) in [6.45, 7) is 0. The van der Waals surface area contributed by atoms with Gasteiger partial charge in [-0.25, -0.2) is 4.79 Å². The van der Waals surface area contributed by atoms with Gasteiger partial charge in [-0.15, -0.1) is 0 Å². The molecule has 0 fully saturated rings. The molecule has 17 heavy (non-hydrogen) atoms. The molecule has 0 aromatic carbocycles. The van der Waals surface area contributed by atoms with Crippen LogP contribution in [0.2, 0.25) is 0 Å². The minimum atomic E-state index is -0.496. The first-order valence-corrected chi connectivity index (χ1v) is 4.55. The van der Waals surface area contributed by atoms with E-state index in [4.69, 9.17) is 10.5 Å². The molecule has 7 heteroatoms. The first-order chi connectivity index (χ1) is 8.01. The molecule has 0 aliphatic heterocycles. The lowest BCUT2D eigenvalue weighted by Crippen LogP contribution is -2.37. The average Bonchev–Trinajstić information content (AvgIpc) is 2.33. The van der Waals surface area contributed by atoms with E-state index in [1.807, 2.05) is 0 Å². The normalized spacial score (nSPS) is 8.94. The highest BCUT2D eigenvalue weighted by molar-refractivity contribution is 5.44. The minimum absolute atomic E-state index is 0.155. The number of rotatable bonds is 2. The highest BCUT2D eigenvalue weighted by Gasteiger charge is 2.04. The van der Waals surface area contributed by atoms with Gasteiger partial charge in [0, 0.05) is 26.4 Å². The van der Waals surface area contributed by atoms with E-state index in [0.29, 0.717) is 0 Å². The summed E-state index contributed by atoms with van der Waals surface area (Å²) < 4.78 is 2.15. The molecule has 0 atom stereocenters. The Labute approximate surface area is 96.4 Å². The number of hydrogen-bond donors (Lipinski definition) is 1. The first-order valence-electron chi connectivity index (χ1n) is 4.55. The fraction of sp³-hybridized carbons (Fsp3) is 0.200. The van der Waals surface area contributed by atoms with Crippen LogP contribution in [0.4, 0.5) is 5.82 Å². The number of nitriles is 2. The Kier molecular flexibility index (Phi) is 3.48. The number of nitrogens with one attached hydrogen (secondary N) is 1. The van der Waals surface area contributed by atoms with Crippen molar-refractivity contribution >= 4 is 5.82 Å². The van der Waals surface area contributed by atoms with Crippen LogP contribution in [0.1, 0.15) is 0 Å². The average molecular weight is 231 g/mol. The topological polar surface area (TPSA) is 104 Å². The van der Waals surface area contributed by atoms with Crippen molar-refractivity contribution in [3.8, 4) is 12.1 Å². The van der Waals surface area contributed by atoms with E-state index in [-0.39, 0.29) is 11.4 Å². The van der Waals surface area contributed by atoms with Crippen LogP contribution in [0.25, 0.3) is 0 Å². The highest BCUT2D eigenvalue weighted by atomic mass is 16.2. The van der Waals surface area contributed by atoms with Crippen molar-refractivity contribution in [1.29, 1.82) is 10.5 Å². The highest BCUT2D eigenvalue weighted by Crippen LogP contribution is 1.99. The summed E-state index contributed by atoms with van der Waals surface area (Å²) in [7, 11) is 2.83. The molecule has 0 unspecified atom stereocenters. The molecular formula is C10H9N5O2. The summed E-state index contributed by atoms with van der Waals surface area (Å²) in [5, 5.41) is 19.6. The van der Waals surface area contributed by atoms with Gasteiger partial charge >= 0.3 is 5.69 Å². The number of hydrogen-bond acceptors (Lipinski definition) is 5. The Balaban J connectivity index is 3.25. The van der Waals surface area contributed by atoms with Crippen LogP contribution < -0.4 is 16.6 Å². The fourth-order valence-corrected chi connectivity index (χ4v) is 1.11. The van der Waals surface area contributed by atoms with E-state index in [1.165, 1.54) is 24.7 Å². The molecule has 0 amide bonds. The summed E-state index contributed by atoms with van der Waals surface area (Å²) >= 11 is 0. The molecule has 7 nitrogen and oxygen atoms in total. The summed E-state index contributed by atoms with van der Waals surface area (Å²) in [5.41, 5.74) is -1.12. The van der Waals surface area contributed by atoms with Gasteiger partial charge in [-0.2, -0.15) is 10.5 Å². The van der Waals surface area contributed by atoms with Gasteiger partial charge in [0.05, 0.1) is 0 Å². The molecule has 0 saturated carbocycles. The van der Waals surface area contributed by atoms with Crippen molar-refractivity contribution in [2.24, 2.45) is 14.1 Å². The maximum Gasteiger partial charge on any atom is 0.332 e. The van der Waals surface area contributed by atoms with Gasteiger partial charge in [0.1, 0.15) is 23.5 Å². The van der Waals surface area contributed by atoms with Crippen molar-refractivity contribution in [3.05, 3.63) is 38.7 Å². The Morgan fingerprint density at radius 1 is 1.29 bits per heavy atom. The minimum Gasteiger partial charge on any atom is -0.346 e. The van der Waals surface area contributed by atoms with E-state index in [9.17, 15) is 9.59 Å². The van der Waals surface area contributed by atoms with E-state index in [2.05, 4.69) is 5.32 Å². The molecule has 1 heterocycles. The van der Waals surface area contributed by atoms with Crippen LogP contribution in [0.3, 0.4) is 0 Å². The zero-order valence-electron chi connectivity index (χ0n) is 9.26. The summed E-state index contributed by atoms with van der Waals surface area (Å²) in [6, 6.07) is 4.50. The van der Waals surface area contributed by atoms with E-state index in [1.54, 1.807) is 12.1 Å². The summed E-state index contributed by atoms with van der Waals surface area (Å²) in [6.07, 6.45) is 1.13. The van der Waals surface area contributed by atoms with E-state index in [0.717, 1.165) is 10.8 Å². The van der Waals surface area contributed by atoms with E-state index >= 15 is 0 Å². The second-order valence-corrected chi connectivity index (χ2v) is 3.19. The van der Waals surface area contributed by atoms with Crippen LogP contribution >= 0.6 is 0 Å². The van der Waals surface area contributed by atoms with Gasteiger partial charge < -0.3 is 5.32 Å². The monoisotopic (exact) mass is 231 g/mol. The number of aromatic nitrogens is 2. The van der Waals surface area contributed by atoms with Crippen LogP contribution in [-0.4, -0.2) is 9.13 Å². The molecule has 0 radical (unpaired) electrons. The molecule has 0 aliphatic carbocycles. The number of anilines is 1. The molecule has 0 spiro atoms. The lowest BCUT2D eigenvalue weighted by atomic mass is 10.3. The zero-order valence-corrected chi connectivity index (χ0v) is 9.26. The molecular weight excluding hydrogens is 222 g/mol. The molecule has 1 rings (SSSR count). The van der Waals surface area contributed by atoms with Crippen molar-refractivity contribution in [2.75, 3.05) is 5.32 Å². The quantitative estimate of drug-likeness (QED) is 0.686. The van der Waals surface area contributed by atoms with Gasteiger partial charge in [-0.05, 0) is 0 Å². The predicted octanol–water partition coefficient (Wildman–Crippen LogP) is -0.573. The maximum atomic E-state index is 11.5. The predicted molar refractivity (Wildman–Crippen MR) is 59.9 cm³/mol. The molecule has 0 saturated heterocycles. The van der Waals surface area contributed by atoms with Crippen molar-refractivity contribution < 1.29 is 0 Å². The van der Waals surface area contributed by atoms with Crippen LogP contribution in [0, 0.1) is 22.7 Å². The van der Waals surface area contributed by atoms with Crippen LogP contribution in [0.5, 0.6) is 0 Å². The van der Waals surface area contributed by atoms with Crippen molar-refractivity contribution in [2.45, 2.75) is 0 Å². The molecule has 1 aromatic rings. The maximum absolute atomic E-state index is 11.5. The van der Waals surface area contributed by atoms with Gasteiger partial charge in [0.2, 0.25) is 0 Å². The number of allylic oxidation sites excluding steroid dienone is 1. The second-order valence-electron chi connectivity index (χ2n) is 3.19. The molecule has 1 aromatic heterocycles. The second kappa shape index (κ2) is 4.81. The smallest absolute Gasteiger partial charge is 0.332 e. The fourth-order valence-electron chi connectivity index (χ4n) is 1.11. The summed E-state index contributed by atoms with van der Waals surface area (Å²) in [5.74, 6) is 0.209. The Morgan fingerprint density at radius 2 is 1.88 bits per heavy atom. The van der Waals surface area contributed by atoms with Gasteiger partial charge in [0.15, 0.2) is 0 Å². The number of nitrogens with zero attached hydrogens (tertiary/aromatic N) is 4. The molecule has 0 aliphatic rings. The zero-order chi connectivity index (χ0) is 13.0. The Morgan fingerprint density at radius 3 is 2.41 bits per heavy atom. The third kappa shape index (κ3) is 2.41. The summed E-state index contributed by atoms with van der Waals surface area (Å²) in [4.78, 5) is 22.9. The van der Waals surface area contributed by atoms with Crippen LogP contribution in [-0.2, 0) is 14.1 Å². The third-order valence-corrected chi connectivity index (χ3v) is 2.13. The third-order valence-electron chi connectivity index (χ3n) is 2.13. The molecule has 1 N–H and O–H groups in total. The first kappa shape index (κ1) is 12.3. The van der Waals surface area contributed by atoms with Crippen molar-refractivity contribution in [3.63, 3.8) is 0 Å². The lowest BCUT2D eigenvalue weighted by Gasteiger charge is -2.08. The van der Waals surface area contributed by atoms with Gasteiger partial charge in [0.25, 0.3) is 5.56 Å². The Bertz CT molecular complexity index is 650. The Hall–Kier alpha value is -2.80. The van der Waals surface area contributed by atoms with Gasteiger partial charge in [-0.1, -0.05) is 0 Å². The largest absolute Gasteiger partial charge is 0.346 e. The lowest BCUT2D eigenvalue weighted by molar-refractivity contribution is 0.692. The SMILES string of the molecule is Cn1c(NC=C(C#N)C#N)cc(=O)n(C)c1=O. The molecule has 0 bridgehead atoms.